The third-order valence-electron chi connectivity index (χ3n) is 3.56. The Balaban J connectivity index is 2.02. The summed E-state index contributed by atoms with van der Waals surface area (Å²) in [6.07, 6.45) is 2.58. The topological polar surface area (TPSA) is 15.3 Å². The first-order valence-corrected chi connectivity index (χ1v) is 7.76. The summed E-state index contributed by atoms with van der Waals surface area (Å²) >= 11 is 9.52. The van der Waals surface area contributed by atoms with Gasteiger partial charge in [0.2, 0.25) is 0 Å². The molecule has 1 saturated heterocycles. The SMILES string of the molecule is CCN(Cc1ccc(Cl)c(Br)c1)C1CCCNC1. The molecule has 18 heavy (non-hydrogen) atoms. The van der Waals surface area contributed by atoms with Crippen molar-refractivity contribution in [2.75, 3.05) is 19.6 Å². The number of halogens is 2. The molecular weight excluding hydrogens is 312 g/mol. The largest absolute Gasteiger partial charge is 0.315 e. The van der Waals surface area contributed by atoms with Gasteiger partial charge in [-0.2, -0.15) is 0 Å². The van der Waals surface area contributed by atoms with Crippen molar-refractivity contribution < 1.29 is 0 Å². The molecule has 100 valence electrons. The van der Waals surface area contributed by atoms with Gasteiger partial charge >= 0.3 is 0 Å². The Morgan fingerprint density at radius 2 is 2.33 bits per heavy atom. The summed E-state index contributed by atoms with van der Waals surface area (Å²) in [6, 6.07) is 6.87. The van der Waals surface area contributed by atoms with Crippen LogP contribution in [0.4, 0.5) is 0 Å². The van der Waals surface area contributed by atoms with E-state index in [1.54, 1.807) is 0 Å². The minimum Gasteiger partial charge on any atom is -0.315 e. The van der Waals surface area contributed by atoms with Gasteiger partial charge in [0, 0.05) is 23.6 Å². The summed E-state index contributed by atoms with van der Waals surface area (Å²) < 4.78 is 0.986. The fraction of sp³-hybridized carbons (Fsp3) is 0.571. The van der Waals surface area contributed by atoms with Crippen LogP contribution < -0.4 is 5.32 Å². The molecule has 1 fully saturated rings. The summed E-state index contributed by atoms with van der Waals surface area (Å²) in [6.45, 7) is 6.61. The standard InChI is InChI=1S/C14H20BrClN2/c1-2-18(12-4-3-7-17-9-12)10-11-5-6-14(16)13(15)8-11/h5-6,8,12,17H,2-4,7,9-10H2,1H3. The Bertz CT molecular complexity index is 391. The third kappa shape index (κ3) is 3.70. The second-order valence-electron chi connectivity index (χ2n) is 4.81. The maximum Gasteiger partial charge on any atom is 0.0548 e. The van der Waals surface area contributed by atoms with Crippen LogP contribution >= 0.6 is 27.5 Å². The van der Waals surface area contributed by atoms with Gasteiger partial charge in [-0.3, -0.25) is 4.90 Å². The van der Waals surface area contributed by atoms with Crippen LogP contribution in [-0.2, 0) is 6.54 Å². The molecular formula is C14H20BrClN2. The highest BCUT2D eigenvalue weighted by Gasteiger charge is 2.19. The van der Waals surface area contributed by atoms with E-state index >= 15 is 0 Å². The van der Waals surface area contributed by atoms with E-state index in [1.807, 2.05) is 6.07 Å². The Kier molecular flexibility index (Phi) is 5.49. The highest BCUT2D eigenvalue weighted by molar-refractivity contribution is 9.10. The van der Waals surface area contributed by atoms with Gasteiger partial charge in [0.15, 0.2) is 0 Å². The monoisotopic (exact) mass is 330 g/mol. The van der Waals surface area contributed by atoms with Gasteiger partial charge in [0.25, 0.3) is 0 Å². The van der Waals surface area contributed by atoms with Crippen molar-refractivity contribution in [2.45, 2.75) is 32.4 Å². The van der Waals surface area contributed by atoms with Crippen molar-refractivity contribution >= 4 is 27.5 Å². The van der Waals surface area contributed by atoms with E-state index in [1.165, 1.54) is 24.9 Å². The van der Waals surface area contributed by atoms with Crippen LogP contribution in [0.25, 0.3) is 0 Å². The molecule has 1 atom stereocenters. The zero-order chi connectivity index (χ0) is 13.0. The van der Waals surface area contributed by atoms with Crippen molar-refractivity contribution in [2.24, 2.45) is 0 Å². The molecule has 2 nitrogen and oxygen atoms in total. The molecule has 1 N–H and O–H groups in total. The van der Waals surface area contributed by atoms with Crippen LogP contribution in [0.1, 0.15) is 25.3 Å². The van der Waals surface area contributed by atoms with Crippen molar-refractivity contribution in [1.82, 2.24) is 10.2 Å². The van der Waals surface area contributed by atoms with Gasteiger partial charge in [-0.05, 0) is 59.6 Å². The van der Waals surface area contributed by atoms with Crippen molar-refractivity contribution in [3.8, 4) is 0 Å². The molecule has 0 spiro atoms. The predicted octanol–water partition coefficient (Wildman–Crippen LogP) is 3.68. The van der Waals surface area contributed by atoms with Gasteiger partial charge < -0.3 is 5.32 Å². The van der Waals surface area contributed by atoms with E-state index in [4.69, 9.17) is 11.6 Å². The molecule has 1 unspecified atom stereocenters. The van der Waals surface area contributed by atoms with Gasteiger partial charge in [-0.15, -0.1) is 0 Å². The van der Waals surface area contributed by atoms with E-state index in [-0.39, 0.29) is 0 Å². The summed E-state index contributed by atoms with van der Waals surface area (Å²) in [5.74, 6) is 0. The Morgan fingerprint density at radius 3 is 2.94 bits per heavy atom. The second-order valence-corrected chi connectivity index (χ2v) is 6.07. The molecule has 0 radical (unpaired) electrons. The molecule has 1 aliphatic rings. The number of nitrogens with one attached hydrogen (secondary N) is 1. The normalized spacial score (nSPS) is 20.3. The molecule has 0 saturated carbocycles. The number of benzene rings is 1. The maximum atomic E-state index is 6.03. The maximum absolute atomic E-state index is 6.03. The minimum absolute atomic E-state index is 0.665. The average molecular weight is 332 g/mol. The number of likely N-dealkylation sites (N-methyl/N-ethyl adjacent to an activating group) is 1. The quantitative estimate of drug-likeness (QED) is 0.905. The lowest BCUT2D eigenvalue weighted by molar-refractivity contribution is 0.166. The highest BCUT2D eigenvalue weighted by atomic mass is 79.9. The molecule has 4 heteroatoms. The fourth-order valence-electron chi connectivity index (χ4n) is 2.52. The number of nitrogens with zero attached hydrogens (tertiary/aromatic N) is 1. The number of hydrogen-bond donors (Lipinski definition) is 1. The van der Waals surface area contributed by atoms with Crippen molar-refractivity contribution in [3.05, 3.63) is 33.3 Å². The molecule has 0 aliphatic carbocycles. The van der Waals surface area contributed by atoms with Crippen LogP contribution in [-0.4, -0.2) is 30.6 Å². The van der Waals surface area contributed by atoms with E-state index < -0.39 is 0 Å². The van der Waals surface area contributed by atoms with Crippen LogP contribution in [0.15, 0.2) is 22.7 Å². The first-order chi connectivity index (χ1) is 8.70. The minimum atomic E-state index is 0.665. The van der Waals surface area contributed by atoms with E-state index in [2.05, 4.69) is 45.2 Å². The zero-order valence-corrected chi connectivity index (χ0v) is 13.1. The molecule has 1 heterocycles. The highest BCUT2D eigenvalue weighted by Crippen LogP contribution is 2.24. The van der Waals surface area contributed by atoms with Crippen LogP contribution in [0.5, 0.6) is 0 Å². The molecule has 1 aromatic rings. The van der Waals surface area contributed by atoms with Crippen molar-refractivity contribution in [3.63, 3.8) is 0 Å². The summed E-state index contributed by atoms with van der Waals surface area (Å²) in [5.41, 5.74) is 1.32. The summed E-state index contributed by atoms with van der Waals surface area (Å²) in [7, 11) is 0. The second kappa shape index (κ2) is 6.90. The van der Waals surface area contributed by atoms with Crippen LogP contribution in [0, 0.1) is 0 Å². The smallest absolute Gasteiger partial charge is 0.0548 e. The fourth-order valence-corrected chi connectivity index (χ4v) is 3.06. The number of rotatable bonds is 4. The molecule has 2 rings (SSSR count). The summed E-state index contributed by atoms with van der Waals surface area (Å²) in [4.78, 5) is 2.54. The third-order valence-corrected chi connectivity index (χ3v) is 4.78. The van der Waals surface area contributed by atoms with Gasteiger partial charge in [-0.1, -0.05) is 24.6 Å². The summed E-state index contributed by atoms with van der Waals surface area (Å²) in [5, 5.41) is 4.26. The lowest BCUT2D eigenvalue weighted by atomic mass is 10.0. The molecule has 1 aromatic carbocycles. The van der Waals surface area contributed by atoms with Gasteiger partial charge in [0.05, 0.1) is 5.02 Å². The molecule has 1 aliphatic heterocycles. The first-order valence-electron chi connectivity index (χ1n) is 6.59. The Hall–Kier alpha value is -0.0900. The number of hydrogen-bond acceptors (Lipinski definition) is 2. The van der Waals surface area contributed by atoms with Gasteiger partial charge in [-0.25, -0.2) is 0 Å². The Labute approximate surface area is 123 Å². The zero-order valence-electron chi connectivity index (χ0n) is 10.8. The first kappa shape index (κ1) is 14.3. The van der Waals surface area contributed by atoms with Crippen LogP contribution in [0.2, 0.25) is 5.02 Å². The molecule has 0 bridgehead atoms. The van der Waals surface area contributed by atoms with Crippen molar-refractivity contribution in [1.29, 1.82) is 0 Å². The average Bonchev–Trinajstić information content (AvgIpc) is 2.41. The molecule has 0 aromatic heterocycles. The lowest BCUT2D eigenvalue weighted by Gasteiger charge is -2.34. The Morgan fingerprint density at radius 1 is 1.50 bits per heavy atom. The number of piperidine rings is 1. The van der Waals surface area contributed by atoms with Gasteiger partial charge in [0.1, 0.15) is 0 Å². The predicted molar refractivity (Wildman–Crippen MR) is 81.1 cm³/mol. The van der Waals surface area contributed by atoms with E-state index in [0.717, 1.165) is 29.1 Å². The molecule has 0 amide bonds. The lowest BCUT2D eigenvalue weighted by Crippen LogP contribution is -2.45. The van der Waals surface area contributed by atoms with Crippen LogP contribution in [0.3, 0.4) is 0 Å². The van der Waals surface area contributed by atoms with E-state index in [9.17, 15) is 0 Å². The van der Waals surface area contributed by atoms with E-state index in [0.29, 0.717) is 6.04 Å².